The van der Waals surface area contributed by atoms with Crippen LogP contribution in [0.25, 0.3) is 0 Å². The number of hydrogen-bond acceptors (Lipinski definition) is 5. The van der Waals surface area contributed by atoms with Gasteiger partial charge in [-0.3, -0.25) is 4.79 Å². The van der Waals surface area contributed by atoms with Crippen molar-refractivity contribution in [3.63, 3.8) is 0 Å². The zero-order valence-corrected chi connectivity index (χ0v) is 17.3. The average molecular weight is 415 g/mol. The van der Waals surface area contributed by atoms with Gasteiger partial charge in [-0.25, -0.2) is 15.0 Å². The number of rotatable bonds is 8. The molecule has 6 heteroatoms. The third-order valence-corrected chi connectivity index (χ3v) is 5.73. The summed E-state index contributed by atoms with van der Waals surface area (Å²) in [6.07, 6.45) is 6.98. The van der Waals surface area contributed by atoms with Crippen molar-refractivity contribution >= 4 is 11.8 Å². The lowest BCUT2D eigenvalue weighted by atomic mass is 10.0. The number of nitrogens with zero attached hydrogens (tertiary/aromatic N) is 3. The molecule has 150 valence electrons. The molecule has 2 aromatic carbocycles. The molecule has 0 saturated heterocycles. The predicted octanol–water partition coefficient (Wildman–Crippen LogP) is 4.23. The molecule has 4 aromatic rings. The van der Waals surface area contributed by atoms with Crippen molar-refractivity contribution in [3.05, 3.63) is 118 Å². The van der Waals surface area contributed by atoms with Gasteiger partial charge in [0, 0.05) is 30.1 Å². The monoisotopic (exact) mass is 414 g/mol. The Balaban J connectivity index is 1.59. The van der Waals surface area contributed by atoms with Crippen LogP contribution in [-0.2, 0) is 25.0 Å². The molecule has 0 unspecified atom stereocenters. The quantitative estimate of drug-likeness (QED) is 0.345. The molecule has 2 heterocycles. The average Bonchev–Trinajstić information content (AvgIpc) is 2.80. The van der Waals surface area contributed by atoms with E-state index in [2.05, 4.69) is 39.2 Å². The molecule has 0 atom stereocenters. The maximum atomic E-state index is 12.9. The van der Waals surface area contributed by atoms with Gasteiger partial charge in [-0.05, 0) is 29.5 Å². The first kappa shape index (κ1) is 20.0. The molecule has 5 nitrogen and oxygen atoms in total. The van der Waals surface area contributed by atoms with Crippen LogP contribution in [0.4, 0.5) is 0 Å². The summed E-state index contributed by atoms with van der Waals surface area (Å²) in [5.74, 6) is 0.758. The maximum absolute atomic E-state index is 12.9. The molecule has 0 saturated carbocycles. The van der Waals surface area contributed by atoms with Crippen LogP contribution in [0.15, 0.2) is 89.3 Å². The normalized spacial score (nSPS) is 10.8. The Labute approximate surface area is 179 Å². The molecule has 0 amide bonds. The Hall–Kier alpha value is -3.25. The second kappa shape index (κ2) is 9.98. The van der Waals surface area contributed by atoms with Gasteiger partial charge < -0.3 is 4.98 Å². The van der Waals surface area contributed by atoms with E-state index in [4.69, 9.17) is 4.98 Å². The fourth-order valence-electron chi connectivity index (χ4n) is 3.24. The first-order valence-electron chi connectivity index (χ1n) is 9.84. The lowest BCUT2D eigenvalue weighted by Gasteiger charge is -2.11. The van der Waals surface area contributed by atoms with E-state index < -0.39 is 0 Å². The molecule has 0 bridgehead atoms. The van der Waals surface area contributed by atoms with E-state index in [1.165, 1.54) is 17.5 Å². The summed E-state index contributed by atoms with van der Waals surface area (Å²) in [6.45, 7) is 0. The van der Waals surface area contributed by atoms with Crippen LogP contribution in [0.5, 0.6) is 0 Å². The lowest BCUT2D eigenvalue weighted by molar-refractivity contribution is 0.799. The van der Waals surface area contributed by atoms with E-state index >= 15 is 0 Å². The van der Waals surface area contributed by atoms with Gasteiger partial charge in [0.15, 0.2) is 5.16 Å². The number of hydrogen-bond donors (Lipinski definition) is 1. The molecular formula is C24H22N4OS. The minimum Gasteiger partial charge on any atom is -0.301 e. The number of thioether (sulfide) groups is 1. The minimum absolute atomic E-state index is 0.0903. The van der Waals surface area contributed by atoms with Crippen LogP contribution in [0.2, 0.25) is 0 Å². The third kappa shape index (κ3) is 5.42. The third-order valence-electron chi connectivity index (χ3n) is 4.79. The Morgan fingerprint density at radius 1 is 0.800 bits per heavy atom. The highest BCUT2D eigenvalue weighted by Crippen LogP contribution is 2.20. The van der Waals surface area contributed by atoms with Gasteiger partial charge in [0.1, 0.15) is 6.33 Å². The summed E-state index contributed by atoms with van der Waals surface area (Å²) < 4.78 is 0. The van der Waals surface area contributed by atoms with Crippen molar-refractivity contribution in [2.45, 2.75) is 30.2 Å². The summed E-state index contributed by atoms with van der Waals surface area (Å²) in [4.78, 5) is 28.9. The summed E-state index contributed by atoms with van der Waals surface area (Å²) >= 11 is 1.55. The minimum atomic E-state index is -0.0903. The summed E-state index contributed by atoms with van der Waals surface area (Å²) in [7, 11) is 0. The van der Waals surface area contributed by atoms with Gasteiger partial charge in [-0.15, -0.1) is 0 Å². The van der Waals surface area contributed by atoms with Gasteiger partial charge in [-0.2, -0.15) is 0 Å². The van der Waals surface area contributed by atoms with E-state index in [1.807, 2.05) is 36.4 Å². The standard InChI is InChI=1S/C24H22N4OS/c29-23-21(13-20-14-25-17-26-15-20)22(12-11-18-7-3-1-4-8-18)27-24(28-23)30-16-19-9-5-2-6-10-19/h1-10,14-15,17H,11-13,16H2,(H,27,28,29). The smallest absolute Gasteiger partial charge is 0.255 e. The molecule has 1 N–H and O–H groups in total. The molecule has 0 radical (unpaired) electrons. The van der Waals surface area contributed by atoms with Crippen molar-refractivity contribution in [3.8, 4) is 0 Å². The molecular weight excluding hydrogens is 392 g/mol. The van der Waals surface area contributed by atoms with E-state index in [9.17, 15) is 4.79 Å². The van der Waals surface area contributed by atoms with Gasteiger partial charge in [-0.1, -0.05) is 72.4 Å². The fraction of sp³-hybridized carbons (Fsp3) is 0.167. The first-order valence-corrected chi connectivity index (χ1v) is 10.8. The fourth-order valence-corrected chi connectivity index (χ4v) is 4.07. The summed E-state index contributed by atoms with van der Waals surface area (Å²) in [5.41, 5.74) is 4.75. The van der Waals surface area contributed by atoms with Gasteiger partial charge in [0.2, 0.25) is 0 Å². The molecule has 0 aliphatic rings. The number of nitrogens with one attached hydrogen (secondary N) is 1. The van der Waals surface area contributed by atoms with E-state index in [0.717, 1.165) is 23.4 Å². The predicted molar refractivity (Wildman–Crippen MR) is 120 cm³/mol. The highest BCUT2D eigenvalue weighted by atomic mass is 32.2. The molecule has 30 heavy (non-hydrogen) atoms. The molecule has 0 fully saturated rings. The molecule has 0 aliphatic heterocycles. The van der Waals surface area contributed by atoms with Gasteiger partial charge in [0.05, 0.1) is 5.69 Å². The summed E-state index contributed by atoms with van der Waals surface area (Å²) in [5, 5.41) is 0.653. The van der Waals surface area contributed by atoms with Crippen LogP contribution >= 0.6 is 11.8 Å². The molecule has 4 rings (SSSR count). The van der Waals surface area contributed by atoms with Crippen LogP contribution in [-0.4, -0.2) is 19.9 Å². The number of aromatic amines is 1. The Kier molecular flexibility index (Phi) is 6.67. The SMILES string of the molecule is O=c1[nH]c(SCc2ccccc2)nc(CCc2ccccc2)c1Cc1cncnc1. The zero-order chi connectivity index (χ0) is 20.6. The number of benzene rings is 2. The van der Waals surface area contributed by atoms with E-state index in [1.54, 1.807) is 24.2 Å². The number of H-pyrrole nitrogens is 1. The van der Waals surface area contributed by atoms with Crippen molar-refractivity contribution in [1.82, 2.24) is 19.9 Å². The maximum Gasteiger partial charge on any atom is 0.255 e. The van der Waals surface area contributed by atoms with Crippen LogP contribution in [0.1, 0.15) is 27.9 Å². The summed E-state index contributed by atoms with van der Waals surface area (Å²) in [6, 6.07) is 20.5. The van der Waals surface area contributed by atoms with E-state index in [-0.39, 0.29) is 5.56 Å². The topological polar surface area (TPSA) is 71.5 Å². The molecule has 0 spiro atoms. The Morgan fingerprint density at radius 2 is 1.47 bits per heavy atom. The second-order valence-electron chi connectivity index (χ2n) is 6.98. The van der Waals surface area contributed by atoms with Crippen molar-refractivity contribution in [1.29, 1.82) is 0 Å². The molecule has 2 aromatic heterocycles. The van der Waals surface area contributed by atoms with Crippen LogP contribution < -0.4 is 5.56 Å². The zero-order valence-electron chi connectivity index (χ0n) is 16.5. The van der Waals surface area contributed by atoms with E-state index in [0.29, 0.717) is 23.6 Å². The van der Waals surface area contributed by atoms with Crippen molar-refractivity contribution in [2.75, 3.05) is 0 Å². The Bertz CT molecular complexity index is 1130. The number of aromatic nitrogens is 4. The highest BCUT2D eigenvalue weighted by molar-refractivity contribution is 7.98. The largest absolute Gasteiger partial charge is 0.301 e. The van der Waals surface area contributed by atoms with Crippen LogP contribution in [0, 0.1) is 0 Å². The van der Waals surface area contributed by atoms with Gasteiger partial charge in [0.25, 0.3) is 5.56 Å². The van der Waals surface area contributed by atoms with Crippen molar-refractivity contribution < 1.29 is 0 Å². The second-order valence-corrected chi connectivity index (χ2v) is 7.94. The highest BCUT2D eigenvalue weighted by Gasteiger charge is 2.13. The molecule has 0 aliphatic carbocycles. The Morgan fingerprint density at radius 3 is 2.17 bits per heavy atom. The van der Waals surface area contributed by atoms with Gasteiger partial charge >= 0.3 is 0 Å². The van der Waals surface area contributed by atoms with Crippen LogP contribution in [0.3, 0.4) is 0 Å². The lowest BCUT2D eigenvalue weighted by Crippen LogP contribution is -2.20. The number of aryl methyl sites for hydroxylation is 2. The first-order chi connectivity index (χ1) is 14.8. The van der Waals surface area contributed by atoms with Crippen molar-refractivity contribution in [2.24, 2.45) is 0 Å².